The molecule has 0 aromatic heterocycles. The quantitative estimate of drug-likeness (QED) is 0.303. The average Bonchev–Trinajstić information content (AvgIpc) is 2.73. The third-order valence-electron chi connectivity index (χ3n) is 6.36. The van der Waals surface area contributed by atoms with Gasteiger partial charge < -0.3 is 20.3 Å². The SMILES string of the molecule is CCNC(=NCc1ccccc1CN1CC(C)OC(C)C1)NC1CCN(C(C)C)CC1.I. The predicted molar refractivity (Wildman–Crippen MR) is 145 cm³/mol. The molecular weight excluding hydrogens is 513 g/mol. The standard InChI is InChI=1S/C25H43N5O.HI/c1-6-26-25(28-24-11-13-30(14-12-24)19(2)3)27-15-22-9-7-8-10-23(22)18-29-16-20(4)31-21(5)17-29;/h7-10,19-21,24H,6,11-18H2,1-5H3,(H2,26,27,28);1H. The first-order valence-electron chi connectivity index (χ1n) is 12.2. The first-order valence-corrected chi connectivity index (χ1v) is 12.2. The molecule has 0 bridgehead atoms. The number of morpholine rings is 1. The van der Waals surface area contributed by atoms with Crippen LogP contribution in [0.3, 0.4) is 0 Å². The highest BCUT2D eigenvalue weighted by Gasteiger charge is 2.23. The van der Waals surface area contributed by atoms with Gasteiger partial charge in [0.25, 0.3) is 0 Å². The molecule has 2 heterocycles. The van der Waals surface area contributed by atoms with Gasteiger partial charge in [0.2, 0.25) is 0 Å². The number of ether oxygens (including phenoxy) is 1. The second kappa shape index (κ2) is 13.7. The Kier molecular flexibility index (Phi) is 11.7. The van der Waals surface area contributed by atoms with Gasteiger partial charge in [-0.3, -0.25) is 4.90 Å². The number of hydrogen-bond donors (Lipinski definition) is 2. The van der Waals surface area contributed by atoms with Crippen molar-refractivity contribution in [3.05, 3.63) is 35.4 Å². The van der Waals surface area contributed by atoms with E-state index >= 15 is 0 Å². The van der Waals surface area contributed by atoms with E-state index in [4.69, 9.17) is 9.73 Å². The highest BCUT2D eigenvalue weighted by molar-refractivity contribution is 14.0. The maximum atomic E-state index is 5.90. The van der Waals surface area contributed by atoms with Gasteiger partial charge >= 0.3 is 0 Å². The van der Waals surface area contributed by atoms with Crippen LogP contribution in [0.1, 0.15) is 58.6 Å². The summed E-state index contributed by atoms with van der Waals surface area (Å²) in [6, 6.07) is 9.87. The van der Waals surface area contributed by atoms with Crippen molar-refractivity contribution in [2.75, 3.05) is 32.7 Å². The van der Waals surface area contributed by atoms with E-state index in [1.807, 2.05) is 0 Å². The van der Waals surface area contributed by atoms with Gasteiger partial charge in [0.15, 0.2) is 5.96 Å². The minimum atomic E-state index is 0. The molecule has 182 valence electrons. The average molecular weight is 558 g/mol. The van der Waals surface area contributed by atoms with Crippen LogP contribution < -0.4 is 10.6 Å². The number of nitrogens with one attached hydrogen (secondary N) is 2. The lowest BCUT2D eigenvalue weighted by Gasteiger charge is -2.35. The van der Waals surface area contributed by atoms with Crippen molar-refractivity contribution >= 4 is 29.9 Å². The monoisotopic (exact) mass is 557 g/mol. The maximum Gasteiger partial charge on any atom is 0.191 e. The van der Waals surface area contributed by atoms with Crippen molar-refractivity contribution in [1.29, 1.82) is 0 Å². The Labute approximate surface area is 212 Å². The number of nitrogens with zero attached hydrogens (tertiary/aromatic N) is 3. The Morgan fingerprint density at radius 3 is 2.31 bits per heavy atom. The molecule has 32 heavy (non-hydrogen) atoms. The van der Waals surface area contributed by atoms with Crippen LogP contribution in [0.2, 0.25) is 0 Å². The lowest BCUT2D eigenvalue weighted by Crippen LogP contribution is -2.49. The molecule has 0 spiro atoms. The molecule has 0 amide bonds. The molecule has 2 atom stereocenters. The van der Waals surface area contributed by atoms with Crippen LogP contribution in [-0.4, -0.2) is 72.8 Å². The highest BCUT2D eigenvalue weighted by Crippen LogP contribution is 2.18. The second-order valence-electron chi connectivity index (χ2n) is 9.46. The maximum absolute atomic E-state index is 5.90. The van der Waals surface area contributed by atoms with E-state index in [1.165, 1.54) is 24.0 Å². The summed E-state index contributed by atoms with van der Waals surface area (Å²) in [5, 5.41) is 7.13. The van der Waals surface area contributed by atoms with E-state index in [0.717, 1.165) is 45.2 Å². The Morgan fingerprint density at radius 1 is 1.09 bits per heavy atom. The molecule has 0 saturated carbocycles. The number of likely N-dealkylation sites (tertiary alicyclic amines) is 1. The van der Waals surface area contributed by atoms with Crippen LogP contribution in [0, 0.1) is 0 Å². The van der Waals surface area contributed by atoms with Gasteiger partial charge in [0, 0.05) is 51.4 Å². The van der Waals surface area contributed by atoms with Gasteiger partial charge in [0.05, 0.1) is 18.8 Å². The molecule has 2 aliphatic rings. The van der Waals surface area contributed by atoms with Gasteiger partial charge in [-0.25, -0.2) is 4.99 Å². The lowest BCUT2D eigenvalue weighted by molar-refractivity contribution is -0.0705. The fourth-order valence-corrected chi connectivity index (χ4v) is 4.76. The number of aliphatic imine (C=N–C) groups is 1. The zero-order valence-corrected chi connectivity index (χ0v) is 23.0. The molecule has 0 radical (unpaired) electrons. The summed E-state index contributed by atoms with van der Waals surface area (Å²) < 4.78 is 5.90. The van der Waals surface area contributed by atoms with Crippen molar-refractivity contribution in [2.45, 2.75) is 84.8 Å². The van der Waals surface area contributed by atoms with E-state index in [2.05, 4.69) is 79.3 Å². The van der Waals surface area contributed by atoms with E-state index < -0.39 is 0 Å². The minimum Gasteiger partial charge on any atom is -0.373 e. The van der Waals surface area contributed by atoms with Crippen LogP contribution in [0.4, 0.5) is 0 Å². The van der Waals surface area contributed by atoms with Gasteiger partial charge in [-0.15, -0.1) is 24.0 Å². The topological polar surface area (TPSA) is 52.1 Å². The molecule has 1 aromatic carbocycles. The lowest BCUT2D eigenvalue weighted by atomic mass is 10.0. The summed E-state index contributed by atoms with van der Waals surface area (Å²) >= 11 is 0. The summed E-state index contributed by atoms with van der Waals surface area (Å²) in [7, 11) is 0. The smallest absolute Gasteiger partial charge is 0.191 e. The third kappa shape index (κ3) is 8.47. The second-order valence-corrected chi connectivity index (χ2v) is 9.46. The molecule has 1 aromatic rings. The Balaban J connectivity index is 0.00000363. The molecule has 0 aliphatic carbocycles. The fraction of sp³-hybridized carbons (Fsp3) is 0.720. The number of benzene rings is 1. The zero-order chi connectivity index (χ0) is 22.2. The van der Waals surface area contributed by atoms with Gasteiger partial charge in [0.1, 0.15) is 0 Å². The molecule has 2 saturated heterocycles. The number of hydrogen-bond acceptors (Lipinski definition) is 4. The first-order chi connectivity index (χ1) is 14.9. The summed E-state index contributed by atoms with van der Waals surface area (Å²) in [6.07, 6.45) is 2.93. The zero-order valence-electron chi connectivity index (χ0n) is 20.6. The van der Waals surface area contributed by atoms with E-state index in [0.29, 0.717) is 30.8 Å². The van der Waals surface area contributed by atoms with E-state index in [9.17, 15) is 0 Å². The van der Waals surface area contributed by atoms with Crippen molar-refractivity contribution in [3.63, 3.8) is 0 Å². The van der Waals surface area contributed by atoms with Crippen LogP contribution in [0.25, 0.3) is 0 Å². The largest absolute Gasteiger partial charge is 0.373 e. The van der Waals surface area contributed by atoms with Crippen molar-refractivity contribution < 1.29 is 4.74 Å². The Morgan fingerprint density at radius 2 is 1.72 bits per heavy atom. The van der Waals surface area contributed by atoms with Crippen LogP contribution in [0.5, 0.6) is 0 Å². The highest BCUT2D eigenvalue weighted by atomic mass is 127. The molecule has 2 fully saturated rings. The Bertz CT molecular complexity index is 695. The molecule has 7 heteroatoms. The van der Waals surface area contributed by atoms with E-state index in [1.54, 1.807) is 0 Å². The van der Waals surface area contributed by atoms with Gasteiger partial charge in [-0.05, 0) is 58.6 Å². The van der Waals surface area contributed by atoms with Crippen LogP contribution >= 0.6 is 24.0 Å². The number of guanidine groups is 1. The Hall–Kier alpha value is -0.900. The molecule has 3 rings (SSSR count). The van der Waals surface area contributed by atoms with Crippen LogP contribution in [0.15, 0.2) is 29.3 Å². The first kappa shape index (κ1) is 27.3. The number of piperidine rings is 1. The normalized spacial score (nSPS) is 23.8. The number of halogens is 1. The summed E-state index contributed by atoms with van der Waals surface area (Å²) in [4.78, 5) is 10.0. The predicted octanol–water partition coefficient (Wildman–Crippen LogP) is 3.84. The molecule has 2 N–H and O–H groups in total. The van der Waals surface area contributed by atoms with Crippen LogP contribution in [-0.2, 0) is 17.8 Å². The summed E-state index contributed by atoms with van der Waals surface area (Å²) in [6.45, 7) is 17.9. The minimum absolute atomic E-state index is 0. The molecule has 6 nitrogen and oxygen atoms in total. The van der Waals surface area contributed by atoms with Gasteiger partial charge in [-0.1, -0.05) is 24.3 Å². The van der Waals surface area contributed by atoms with Crippen molar-refractivity contribution in [2.24, 2.45) is 4.99 Å². The summed E-state index contributed by atoms with van der Waals surface area (Å²) in [5.74, 6) is 0.939. The fourth-order valence-electron chi connectivity index (χ4n) is 4.76. The number of rotatable bonds is 7. The van der Waals surface area contributed by atoms with Crippen molar-refractivity contribution in [1.82, 2.24) is 20.4 Å². The third-order valence-corrected chi connectivity index (χ3v) is 6.36. The molecule has 2 unspecified atom stereocenters. The molecule has 2 aliphatic heterocycles. The van der Waals surface area contributed by atoms with E-state index in [-0.39, 0.29) is 24.0 Å². The summed E-state index contributed by atoms with van der Waals surface area (Å²) in [5.41, 5.74) is 2.68. The van der Waals surface area contributed by atoms with Crippen molar-refractivity contribution in [3.8, 4) is 0 Å². The molecular formula is C25H44IN5O. The van der Waals surface area contributed by atoms with Gasteiger partial charge in [-0.2, -0.15) is 0 Å².